The third kappa shape index (κ3) is 2.26. The molecule has 0 aliphatic heterocycles. The molecule has 5 heteroatoms. The average molecular weight is 277 g/mol. The van der Waals surface area contributed by atoms with E-state index in [-0.39, 0.29) is 0 Å². The highest BCUT2D eigenvalue weighted by Gasteiger charge is 2.06. The summed E-state index contributed by atoms with van der Waals surface area (Å²) in [5.41, 5.74) is 1.03. The first-order valence-electron chi connectivity index (χ1n) is 4.93. The van der Waals surface area contributed by atoms with Gasteiger partial charge < -0.3 is 0 Å². The molecule has 0 amide bonds. The second-order valence-corrected chi connectivity index (χ2v) is 7.02. The van der Waals surface area contributed by atoms with Crippen molar-refractivity contribution in [1.82, 2.24) is 4.98 Å². The van der Waals surface area contributed by atoms with Crippen molar-refractivity contribution in [2.24, 2.45) is 0 Å². The molecule has 0 atom stereocenters. The molecule has 3 aromatic rings. The molecule has 2 heterocycles. The van der Waals surface area contributed by atoms with Gasteiger partial charge in [-0.1, -0.05) is 12.1 Å². The third-order valence-corrected chi connectivity index (χ3v) is 5.42. The summed E-state index contributed by atoms with van der Waals surface area (Å²) >= 11 is 4.79. The van der Waals surface area contributed by atoms with Gasteiger partial charge in [0.15, 0.2) is 10.6 Å². The molecule has 0 bridgehead atoms. The average Bonchev–Trinajstić information content (AvgIpc) is 2.94. The Bertz CT molecular complexity index is 638. The maximum atomic E-state index is 10.6. The summed E-state index contributed by atoms with van der Waals surface area (Å²) in [4.78, 5) is 15.9. The zero-order valence-corrected chi connectivity index (χ0v) is 11.1. The van der Waals surface area contributed by atoms with Crippen molar-refractivity contribution in [3.63, 3.8) is 0 Å². The van der Waals surface area contributed by atoms with Gasteiger partial charge in [-0.2, -0.15) is 0 Å². The fourth-order valence-electron chi connectivity index (χ4n) is 1.43. The smallest absolute Gasteiger partial charge is 0.160 e. The number of fused-ring (bicyclic) bond motifs is 1. The minimum atomic E-state index is 0.758. The lowest BCUT2D eigenvalue weighted by atomic mass is 10.3. The molecule has 0 aliphatic carbocycles. The van der Waals surface area contributed by atoms with Crippen molar-refractivity contribution in [2.45, 2.75) is 8.55 Å². The number of rotatable bonds is 3. The Labute approximate surface area is 110 Å². The van der Waals surface area contributed by atoms with Gasteiger partial charge in [-0.05, 0) is 36.0 Å². The van der Waals surface area contributed by atoms with Crippen LogP contribution in [0.5, 0.6) is 0 Å². The largest absolute Gasteiger partial charge is 0.297 e. The Morgan fingerprint density at radius 3 is 2.76 bits per heavy atom. The van der Waals surface area contributed by atoms with Crippen molar-refractivity contribution in [3.05, 3.63) is 41.3 Å². The number of thiazole rings is 1. The number of hydrogen-bond donors (Lipinski definition) is 0. The third-order valence-electron chi connectivity index (χ3n) is 2.18. The molecule has 3 rings (SSSR count). The summed E-state index contributed by atoms with van der Waals surface area (Å²) < 4.78 is 3.32. The standard InChI is InChI=1S/C12H7NOS3/c14-7-8-5-6-11(15-8)17-12-13-9-3-1-2-4-10(9)16-12/h1-7H. The van der Waals surface area contributed by atoms with Crippen LogP contribution in [-0.4, -0.2) is 11.3 Å². The maximum absolute atomic E-state index is 10.6. The van der Waals surface area contributed by atoms with Gasteiger partial charge >= 0.3 is 0 Å². The van der Waals surface area contributed by atoms with E-state index in [9.17, 15) is 4.79 Å². The van der Waals surface area contributed by atoms with Gasteiger partial charge in [0.1, 0.15) is 0 Å². The highest BCUT2D eigenvalue weighted by molar-refractivity contribution is 8.02. The Morgan fingerprint density at radius 2 is 2.00 bits per heavy atom. The predicted molar refractivity (Wildman–Crippen MR) is 73.4 cm³/mol. The van der Waals surface area contributed by atoms with Crippen molar-refractivity contribution in [3.8, 4) is 0 Å². The second-order valence-electron chi connectivity index (χ2n) is 3.32. The zero-order chi connectivity index (χ0) is 11.7. The molecule has 17 heavy (non-hydrogen) atoms. The van der Waals surface area contributed by atoms with Gasteiger partial charge in [0.2, 0.25) is 0 Å². The number of thiophene rings is 1. The lowest BCUT2D eigenvalue weighted by Gasteiger charge is -1.88. The first kappa shape index (κ1) is 11.0. The first-order valence-corrected chi connectivity index (χ1v) is 7.38. The normalized spacial score (nSPS) is 10.8. The molecule has 0 saturated carbocycles. The molecule has 1 aromatic carbocycles. The fraction of sp³-hybridized carbons (Fsp3) is 0. The molecular formula is C12H7NOS3. The van der Waals surface area contributed by atoms with Gasteiger partial charge in [-0.3, -0.25) is 4.79 Å². The number of aromatic nitrogens is 1. The number of carbonyl (C=O) groups is 1. The van der Waals surface area contributed by atoms with E-state index in [1.165, 1.54) is 16.0 Å². The fourth-order valence-corrected chi connectivity index (χ4v) is 4.69. The molecule has 0 spiro atoms. The molecular weight excluding hydrogens is 270 g/mol. The lowest BCUT2D eigenvalue weighted by Crippen LogP contribution is -1.66. The van der Waals surface area contributed by atoms with Gasteiger partial charge in [-0.25, -0.2) is 4.98 Å². The van der Waals surface area contributed by atoms with Crippen LogP contribution in [-0.2, 0) is 0 Å². The Kier molecular flexibility index (Phi) is 2.96. The Hall–Kier alpha value is -1.17. The number of nitrogens with zero attached hydrogens (tertiary/aromatic N) is 1. The van der Waals surface area contributed by atoms with Crippen molar-refractivity contribution >= 4 is 50.9 Å². The SMILES string of the molecule is O=Cc1ccc(Sc2nc3ccccc3s2)s1. The van der Waals surface area contributed by atoms with Crippen LogP contribution in [0, 0.1) is 0 Å². The molecule has 0 aliphatic rings. The van der Waals surface area contributed by atoms with Gasteiger partial charge in [0.25, 0.3) is 0 Å². The van der Waals surface area contributed by atoms with Crippen molar-refractivity contribution in [1.29, 1.82) is 0 Å². The summed E-state index contributed by atoms with van der Waals surface area (Å²) in [5.74, 6) is 0. The predicted octanol–water partition coefficient (Wildman–Crippen LogP) is 4.32. The summed E-state index contributed by atoms with van der Waals surface area (Å²) in [7, 11) is 0. The molecule has 2 aromatic heterocycles. The number of carbonyl (C=O) groups excluding carboxylic acids is 1. The highest BCUT2D eigenvalue weighted by Crippen LogP contribution is 2.37. The summed E-state index contributed by atoms with van der Waals surface area (Å²) in [6.07, 6.45) is 0.882. The number of aldehydes is 1. The van der Waals surface area contributed by atoms with E-state index in [2.05, 4.69) is 11.1 Å². The van der Waals surface area contributed by atoms with Gasteiger partial charge in [0, 0.05) is 0 Å². The van der Waals surface area contributed by atoms with Crippen LogP contribution in [0.15, 0.2) is 44.9 Å². The van der Waals surface area contributed by atoms with E-state index in [0.29, 0.717) is 0 Å². The van der Waals surface area contributed by atoms with E-state index < -0.39 is 0 Å². The van der Waals surface area contributed by atoms with Crippen molar-refractivity contribution in [2.75, 3.05) is 0 Å². The van der Waals surface area contributed by atoms with Crippen LogP contribution in [0.25, 0.3) is 10.2 Å². The van der Waals surface area contributed by atoms with Crippen LogP contribution in [0.3, 0.4) is 0 Å². The van der Waals surface area contributed by atoms with Crippen LogP contribution in [0.1, 0.15) is 9.67 Å². The minimum Gasteiger partial charge on any atom is -0.297 e. The highest BCUT2D eigenvalue weighted by atomic mass is 32.2. The monoisotopic (exact) mass is 277 g/mol. The van der Waals surface area contributed by atoms with Crippen molar-refractivity contribution < 1.29 is 4.79 Å². The van der Waals surface area contributed by atoms with E-state index in [1.807, 2.05) is 30.3 Å². The molecule has 0 fully saturated rings. The molecule has 0 unspecified atom stereocenters. The molecule has 0 radical (unpaired) electrons. The molecule has 84 valence electrons. The molecule has 0 saturated heterocycles. The minimum absolute atomic E-state index is 0.758. The lowest BCUT2D eigenvalue weighted by molar-refractivity contribution is 0.112. The Morgan fingerprint density at radius 1 is 1.12 bits per heavy atom. The quantitative estimate of drug-likeness (QED) is 0.668. The van der Waals surface area contributed by atoms with E-state index in [0.717, 1.165) is 25.2 Å². The molecule has 0 N–H and O–H groups in total. The van der Waals surface area contributed by atoms with Gasteiger partial charge in [-0.15, -0.1) is 22.7 Å². The maximum Gasteiger partial charge on any atom is 0.160 e. The summed E-state index contributed by atoms with van der Waals surface area (Å²) in [5, 5.41) is 0. The van der Waals surface area contributed by atoms with Crippen LogP contribution >= 0.6 is 34.4 Å². The number of benzene rings is 1. The summed E-state index contributed by atoms with van der Waals surface area (Å²) in [6.45, 7) is 0. The van der Waals surface area contributed by atoms with Crippen LogP contribution in [0.4, 0.5) is 0 Å². The van der Waals surface area contributed by atoms with E-state index in [1.54, 1.807) is 23.1 Å². The van der Waals surface area contributed by atoms with E-state index in [4.69, 9.17) is 0 Å². The van der Waals surface area contributed by atoms with Crippen LogP contribution in [0.2, 0.25) is 0 Å². The number of para-hydroxylation sites is 1. The topological polar surface area (TPSA) is 30.0 Å². The number of hydrogen-bond acceptors (Lipinski definition) is 5. The summed E-state index contributed by atoms with van der Waals surface area (Å²) in [6, 6.07) is 11.9. The van der Waals surface area contributed by atoms with E-state index >= 15 is 0 Å². The van der Waals surface area contributed by atoms with Gasteiger partial charge in [0.05, 0.1) is 19.3 Å². The zero-order valence-electron chi connectivity index (χ0n) is 8.62. The second kappa shape index (κ2) is 4.60. The first-order chi connectivity index (χ1) is 8.35. The van der Waals surface area contributed by atoms with Crippen LogP contribution < -0.4 is 0 Å². The Balaban J connectivity index is 1.91. The molecule has 2 nitrogen and oxygen atoms in total.